The second kappa shape index (κ2) is 7.85. The lowest BCUT2D eigenvalue weighted by Gasteiger charge is -2.22. The third kappa shape index (κ3) is 3.87. The standard InChI is InChI=1S/C21H26N4O/c26-21(22-18-6-2-1-3-7-18)17-10-8-16(9-11-17)19-12-13-20(24-23-19)25-14-4-5-15-25/h8-13,18H,1-7,14-15H2,(H,22,26). The number of rotatable bonds is 4. The minimum atomic E-state index is 0.0268. The summed E-state index contributed by atoms with van der Waals surface area (Å²) < 4.78 is 0. The summed E-state index contributed by atoms with van der Waals surface area (Å²) in [6, 6.07) is 12.0. The fraction of sp³-hybridized carbons (Fsp3) is 0.476. The number of hydrogen-bond donors (Lipinski definition) is 1. The molecule has 5 heteroatoms. The molecule has 2 heterocycles. The van der Waals surface area contributed by atoms with Crippen molar-refractivity contribution in [2.75, 3.05) is 18.0 Å². The van der Waals surface area contributed by atoms with Crippen LogP contribution in [0.3, 0.4) is 0 Å². The highest BCUT2D eigenvalue weighted by molar-refractivity contribution is 5.94. The van der Waals surface area contributed by atoms with Crippen molar-refractivity contribution in [3.63, 3.8) is 0 Å². The Morgan fingerprint density at radius 3 is 2.27 bits per heavy atom. The minimum absolute atomic E-state index is 0.0268. The number of nitrogens with one attached hydrogen (secondary N) is 1. The lowest BCUT2D eigenvalue weighted by Crippen LogP contribution is -2.36. The molecule has 1 amide bonds. The lowest BCUT2D eigenvalue weighted by molar-refractivity contribution is 0.0927. The molecule has 0 radical (unpaired) electrons. The summed E-state index contributed by atoms with van der Waals surface area (Å²) in [4.78, 5) is 14.7. The molecule has 1 saturated heterocycles. The van der Waals surface area contributed by atoms with Crippen LogP contribution in [0.5, 0.6) is 0 Å². The summed E-state index contributed by atoms with van der Waals surface area (Å²) in [6.07, 6.45) is 8.39. The van der Waals surface area contributed by atoms with Crippen molar-refractivity contribution in [2.45, 2.75) is 51.0 Å². The largest absolute Gasteiger partial charge is 0.355 e. The predicted octanol–water partition coefficient (Wildman–Crippen LogP) is 3.81. The van der Waals surface area contributed by atoms with Crippen LogP contribution in [0.2, 0.25) is 0 Å². The van der Waals surface area contributed by atoms with Crippen molar-refractivity contribution in [3.8, 4) is 11.3 Å². The van der Waals surface area contributed by atoms with Gasteiger partial charge >= 0.3 is 0 Å². The van der Waals surface area contributed by atoms with Gasteiger partial charge in [0.2, 0.25) is 0 Å². The molecule has 1 aliphatic carbocycles. The monoisotopic (exact) mass is 350 g/mol. The number of amides is 1. The normalized spacial score (nSPS) is 18.1. The average molecular weight is 350 g/mol. The molecule has 2 aliphatic rings. The average Bonchev–Trinajstić information content (AvgIpc) is 3.24. The van der Waals surface area contributed by atoms with E-state index in [1.54, 1.807) is 0 Å². The number of nitrogens with zero attached hydrogens (tertiary/aromatic N) is 3. The first-order chi connectivity index (χ1) is 12.8. The van der Waals surface area contributed by atoms with Gasteiger partial charge in [-0.3, -0.25) is 4.79 Å². The predicted molar refractivity (Wildman–Crippen MR) is 103 cm³/mol. The summed E-state index contributed by atoms with van der Waals surface area (Å²) in [6.45, 7) is 2.14. The number of anilines is 1. The summed E-state index contributed by atoms with van der Waals surface area (Å²) >= 11 is 0. The summed E-state index contributed by atoms with van der Waals surface area (Å²) in [5.41, 5.74) is 2.54. The molecular weight excluding hydrogens is 324 g/mol. The van der Waals surface area contributed by atoms with E-state index in [0.29, 0.717) is 11.6 Å². The highest BCUT2D eigenvalue weighted by Crippen LogP contribution is 2.22. The zero-order valence-corrected chi connectivity index (χ0v) is 15.2. The van der Waals surface area contributed by atoms with Crippen molar-refractivity contribution in [2.24, 2.45) is 0 Å². The lowest BCUT2D eigenvalue weighted by atomic mass is 9.95. The number of hydrogen-bond acceptors (Lipinski definition) is 4. The van der Waals surface area contributed by atoms with Crippen LogP contribution < -0.4 is 10.2 Å². The molecule has 4 rings (SSSR count). The molecular formula is C21H26N4O. The SMILES string of the molecule is O=C(NC1CCCCC1)c1ccc(-c2ccc(N3CCCC3)nn2)cc1. The molecule has 5 nitrogen and oxygen atoms in total. The summed E-state index contributed by atoms with van der Waals surface area (Å²) in [5, 5.41) is 11.9. The van der Waals surface area contributed by atoms with E-state index in [2.05, 4.69) is 20.4 Å². The fourth-order valence-corrected chi connectivity index (χ4v) is 3.90. The zero-order chi connectivity index (χ0) is 17.8. The molecule has 26 heavy (non-hydrogen) atoms. The van der Waals surface area contributed by atoms with Gasteiger partial charge in [-0.25, -0.2) is 0 Å². The van der Waals surface area contributed by atoms with Gasteiger partial charge in [0.15, 0.2) is 5.82 Å². The van der Waals surface area contributed by atoms with Crippen molar-refractivity contribution in [1.82, 2.24) is 15.5 Å². The molecule has 2 fully saturated rings. The maximum Gasteiger partial charge on any atom is 0.251 e. The minimum Gasteiger partial charge on any atom is -0.355 e. The van der Waals surface area contributed by atoms with E-state index in [4.69, 9.17) is 0 Å². The van der Waals surface area contributed by atoms with Crippen LogP contribution in [0.4, 0.5) is 5.82 Å². The van der Waals surface area contributed by atoms with Crippen LogP contribution in [0, 0.1) is 0 Å². The van der Waals surface area contributed by atoms with Gasteiger partial charge in [-0.2, -0.15) is 0 Å². The third-order valence-corrected chi connectivity index (χ3v) is 5.46. The second-order valence-electron chi connectivity index (χ2n) is 7.36. The van der Waals surface area contributed by atoms with E-state index >= 15 is 0 Å². The van der Waals surface area contributed by atoms with Gasteiger partial charge < -0.3 is 10.2 Å². The van der Waals surface area contributed by atoms with Gasteiger partial charge in [0.1, 0.15) is 0 Å². The first-order valence-corrected chi connectivity index (χ1v) is 9.79. The molecule has 0 bridgehead atoms. The zero-order valence-electron chi connectivity index (χ0n) is 15.2. The quantitative estimate of drug-likeness (QED) is 0.911. The van der Waals surface area contributed by atoms with Crippen LogP contribution in [0.25, 0.3) is 11.3 Å². The summed E-state index contributed by atoms with van der Waals surface area (Å²) in [7, 11) is 0. The Morgan fingerprint density at radius 2 is 1.62 bits per heavy atom. The Morgan fingerprint density at radius 1 is 0.885 bits per heavy atom. The van der Waals surface area contributed by atoms with Crippen LogP contribution in [0.1, 0.15) is 55.3 Å². The first kappa shape index (κ1) is 17.0. The van der Waals surface area contributed by atoms with Crippen LogP contribution in [-0.2, 0) is 0 Å². The summed E-state index contributed by atoms with van der Waals surface area (Å²) in [5.74, 6) is 0.980. The molecule has 136 valence electrons. The van der Waals surface area contributed by atoms with Gasteiger partial charge in [-0.1, -0.05) is 31.4 Å². The van der Waals surface area contributed by atoms with Crippen LogP contribution in [0.15, 0.2) is 36.4 Å². The van der Waals surface area contributed by atoms with Crippen molar-refractivity contribution < 1.29 is 4.79 Å². The van der Waals surface area contributed by atoms with E-state index in [1.165, 1.54) is 32.1 Å². The van der Waals surface area contributed by atoms with E-state index in [-0.39, 0.29) is 5.91 Å². The Hall–Kier alpha value is -2.43. The van der Waals surface area contributed by atoms with Gasteiger partial charge in [-0.05, 0) is 49.9 Å². The Balaban J connectivity index is 1.41. The molecule has 1 aromatic heterocycles. The Labute approximate surface area is 154 Å². The van der Waals surface area contributed by atoms with Gasteiger partial charge in [0.25, 0.3) is 5.91 Å². The van der Waals surface area contributed by atoms with Crippen LogP contribution >= 0.6 is 0 Å². The van der Waals surface area contributed by atoms with E-state index in [0.717, 1.165) is 43.0 Å². The van der Waals surface area contributed by atoms with E-state index in [1.807, 2.05) is 36.4 Å². The molecule has 2 aromatic rings. The Kier molecular flexibility index (Phi) is 5.14. The smallest absolute Gasteiger partial charge is 0.251 e. The molecule has 0 spiro atoms. The molecule has 1 aromatic carbocycles. The van der Waals surface area contributed by atoms with Crippen molar-refractivity contribution in [3.05, 3.63) is 42.0 Å². The highest BCUT2D eigenvalue weighted by atomic mass is 16.1. The third-order valence-electron chi connectivity index (χ3n) is 5.46. The second-order valence-corrected chi connectivity index (χ2v) is 7.36. The van der Waals surface area contributed by atoms with Gasteiger partial charge in [0, 0.05) is 30.3 Å². The first-order valence-electron chi connectivity index (χ1n) is 9.79. The van der Waals surface area contributed by atoms with Crippen LogP contribution in [-0.4, -0.2) is 35.2 Å². The number of benzene rings is 1. The number of aromatic nitrogens is 2. The molecule has 1 saturated carbocycles. The topological polar surface area (TPSA) is 58.1 Å². The Bertz CT molecular complexity index is 730. The fourth-order valence-electron chi connectivity index (χ4n) is 3.90. The van der Waals surface area contributed by atoms with E-state index < -0.39 is 0 Å². The number of carbonyl (C=O) groups is 1. The molecule has 0 unspecified atom stereocenters. The van der Waals surface area contributed by atoms with Gasteiger partial charge in [-0.15, -0.1) is 10.2 Å². The molecule has 1 N–H and O–H groups in total. The molecule has 0 atom stereocenters. The molecule has 1 aliphatic heterocycles. The number of carbonyl (C=O) groups excluding carboxylic acids is 1. The maximum absolute atomic E-state index is 12.4. The highest BCUT2D eigenvalue weighted by Gasteiger charge is 2.17. The van der Waals surface area contributed by atoms with E-state index in [9.17, 15) is 4.79 Å². The van der Waals surface area contributed by atoms with Gasteiger partial charge in [0.05, 0.1) is 5.69 Å². The van der Waals surface area contributed by atoms with Crippen molar-refractivity contribution >= 4 is 11.7 Å². The maximum atomic E-state index is 12.4. The van der Waals surface area contributed by atoms with Crippen molar-refractivity contribution in [1.29, 1.82) is 0 Å².